The van der Waals surface area contributed by atoms with Crippen molar-refractivity contribution in [3.8, 4) is 0 Å². The van der Waals surface area contributed by atoms with E-state index in [1.165, 1.54) is 11.1 Å². The van der Waals surface area contributed by atoms with E-state index in [1.807, 2.05) is 0 Å². The Morgan fingerprint density at radius 1 is 1.29 bits per heavy atom. The van der Waals surface area contributed by atoms with Gasteiger partial charge in [0.05, 0.1) is 5.82 Å². The van der Waals surface area contributed by atoms with Crippen LogP contribution in [0.1, 0.15) is 18.1 Å². The Labute approximate surface area is 84.8 Å². The molecule has 0 aliphatic carbocycles. The topological polar surface area (TPSA) is 38.0 Å². The first-order chi connectivity index (χ1) is 6.60. The van der Waals surface area contributed by atoms with Crippen molar-refractivity contribution in [1.29, 1.82) is 0 Å². The molecule has 3 N–H and O–H groups in total. The predicted octanol–water partition coefficient (Wildman–Crippen LogP) is 1.66. The molecule has 2 rings (SSSR count). The number of nitrogens with two attached hydrogens (primary N) is 1. The number of rotatable bonds is 1. The predicted molar refractivity (Wildman–Crippen MR) is 58.8 cm³/mol. The fourth-order valence-corrected chi connectivity index (χ4v) is 1.85. The molecule has 1 aromatic carbocycles. The zero-order valence-electron chi connectivity index (χ0n) is 8.67. The van der Waals surface area contributed by atoms with Gasteiger partial charge in [-0.15, -0.1) is 0 Å². The maximum absolute atomic E-state index is 5.73. The molecule has 1 aliphatic heterocycles. The van der Waals surface area contributed by atoms with Crippen LogP contribution < -0.4 is 11.1 Å². The summed E-state index contributed by atoms with van der Waals surface area (Å²) in [6.07, 6.45) is 2.09. The van der Waals surface area contributed by atoms with Crippen LogP contribution in [0.4, 0.5) is 0 Å². The highest BCUT2D eigenvalue weighted by atomic mass is 15.0. The summed E-state index contributed by atoms with van der Waals surface area (Å²) in [5, 5.41) is 3.16. The van der Waals surface area contributed by atoms with Crippen LogP contribution in [0, 0.1) is 6.92 Å². The van der Waals surface area contributed by atoms with Gasteiger partial charge in [0.2, 0.25) is 0 Å². The molecule has 0 fully saturated rings. The van der Waals surface area contributed by atoms with E-state index in [4.69, 9.17) is 5.73 Å². The molecule has 2 heteroatoms. The van der Waals surface area contributed by atoms with E-state index in [-0.39, 0.29) is 5.41 Å². The molecule has 74 valence electrons. The minimum absolute atomic E-state index is 0.0534. The van der Waals surface area contributed by atoms with Gasteiger partial charge in [-0.3, -0.25) is 0 Å². The summed E-state index contributed by atoms with van der Waals surface area (Å²) in [6.45, 7) is 5.19. The molecule has 0 radical (unpaired) electrons. The average Bonchev–Trinajstić information content (AvgIpc) is 2.48. The molecular formula is C12H16N2. The van der Waals surface area contributed by atoms with Crippen LogP contribution in [-0.4, -0.2) is 6.54 Å². The molecule has 0 saturated heterocycles. The Balaban J connectivity index is 2.35. The second-order valence-electron chi connectivity index (χ2n) is 4.24. The average molecular weight is 188 g/mol. The minimum Gasteiger partial charge on any atom is -0.386 e. The number of hydrogen-bond donors (Lipinski definition) is 2. The van der Waals surface area contributed by atoms with Crippen molar-refractivity contribution in [3.05, 3.63) is 47.3 Å². The first kappa shape index (κ1) is 9.13. The molecule has 14 heavy (non-hydrogen) atoms. The summed E-state index contributed by atoms with van der Waals surface area (Å²) in [6, 6.07) is 8.63. The van der Waals surface area contributed by atoms with Gasteiger partial charge >= 0.3 is 0 Å². The largest absolute Gasteiger partial charge is 0.386 e. The van der Waals surface area contributed by atoms with Crippen molar-refractivity contribution in [3.63, 3.8) is 0 Å². The van der Waals surface area contributed by atoms with E-state index in [0.717, 1.165) is 12.4 Å². The maximum atomic E-state index is 5.73. The standard InChI is InChI=1S/C12H16N2/c1-9-3-5-10(6-4-9)12(2)7-11(13)14-8-12/h3-7,14H,8,13H2,1-2H3/t12-/m1/s1. The Morgan fingerprint density at radius 3 is 2.43 bits per heavy atom. The van der Waals surface area contributed by atoms with Crippen molar-refractivity contribution in [1.82, 2.24) is 5.32 Å². The van der Waals surface area contributed by atoms with Gasteiger partial charge in [-0.05, 0) is 18.6 Å². The van der Waals surface area contributed by atoms with Crippen molar-refractivity contribution >= 4 is 0 Å². The van der Waals surface area contributed by atoms with Gasteiger partial charge in [0.1, 0.15) is 0 Å². The molecule has 0 saturated carbocycles. The van der Waals surface area contributed by atoms with Crippen LogP contribution in [0.25, 0.3) is 0 Å². The Morgan fingerprint density at radius 2 is 1.93 bits per heavy atom. The minimum atomic E-state index is 0.0534. The lowest BCUT2D eigenvalue weighted by molar-refractivity contribution is 0.601. The number of aryl methyl sites for hydroxylation is 1. The fourth-order valence-electron chi connectivity index (χ4n) is 1.85. The SMILES string of the molecule is Cc1ccc([C@]2(C)C=C(N)NC2)cc1. The summed E-state index contributed by atoms with van der Waals surface area (Å²) in [4.78, 5) is 0. The molecule has 0 unspecified atom stereocenters. The first-order valence-corrected chi connectivity index (χ1v) is 4.89. The fraction of sp³-hybridized carbons (Fsp3) is 0.333. The summed E-state index contributed by atoms with van der Waals surface area (Å²) in [5.41, 5.74) is 8.39. The summed E-state index contributed by atoms with van der Waals surface area (Å²) >= 11 is 0. The Kier molecular flexibility index (Phi) is 1.99. The molecule has 0 amide bonds. The van der Waals surface area contributed by atoms with E-state index in [9.17, 15) is 0 Å². The van der Waals surface area contributed by atoms with E-state index < -0.39 is 0 Å². The molecule has 0 aromatic heterocycles. The summed E-state index contributed by atoms with van der Waals surface area (Å²) < 4.78 is 0. The summed E-state index contributed by atoms with van der Waals surface area (Å²) in [7, 11) is 0. The number of nitrogens with one attached hydrogen (secondary N) is 1. The highest BCUT2D eigenvalue weighted by Crippen LogP contribution is 2.28. The molecule has 1 heterocycles. The number of benzene rings is 1. The third kappa shape index (κ3) is 1.48. The van der Waals surface area contributed by atoms with Crippen molar-refractivity contribution in [2.75, 3.05) is 6.54 Å². The van der Waals surface area contributed by atoms with Gasteiger partial charge in [-0.1, -0.05) is 36.8 Å². The zero-order valence-corrected chi connectivity index (χ0v) is 8.67. The van der Waals surface area contributed by atoms with Gasteiger partial charge in [-0.2, -0.15) is 0 Å². The lowest BCUT2D eigenvalue weighted by atomic mass is 9.83. The molecular weight excluding hydrogens is 172 g/mol. The second-order valence-corrected chi connectivity index (χ2v) is 4.24. The van der Waals surface area contributed by atoms with Gasteiger partial charge in [0, 0.05) is 12.0 Å². The number of hydrogen-bond acceptors (Lipinski definition) is 2. The highest BCUT2D eigenvalue weighted by Gasteiger charge is 2.28. The zero-order chi connectivity index (χ0) is 10.2. The van der Waals surface area contributed by atoms with E-state index in [2.05, 4.69) is 49.5 Å². The van der Waals surface area contributed by atoms with Crippen LogP contribution in [-0.2, 0) is 5.41 Å². The van der Waals surface area contributed by atoms with E-state index in [1.54, 1.807) is 0 Å². The summed E-state index contributed by atoms with van der Waals surface area (Å²) in [5.74, 6) is 0.785. The highest BCUT2D eigenvalue weighted by molar-refractivity contribution is 5.36. The maximum Gasteiger partial charge on any atom is 0.0928 e. The Hall–Kier alpha value is -1.44. The Bertz CT molecular complexity index is 364. The molecule has 1 aromatic rings. The second kappa shape index (κ2) is 3.05. The molecule has 0 bridgehead atoms. The first-order valence-electron chi connectivity index (χ1n) is 4.89. The van der Waals surface area contributed by atoms with Gasteiger partial charge in [-0.25, -0.2) is 0 Å². The molecule has 1 aliphatic rings. The third-order valence-electron chi connectivity index (χ3n) is 2.84. The lowest BCUT2D eigenvalue weighted by Gasteiger charge is -2.21. The quantitative estimate of drug-likeness (QED) is 0.703. The van der Waals surface area contributed by atoms with Crippen LogP contribution in [0.3, 0.4) is 0 Å². The monoisotopic (exact) mass is 188 g/mol. The van der Waals surface area contributed by atoms with Crippen LogP contribution in [0.5, 0.6) is 0 Å². The van der Waals surface area contributed by atoms with Crippen molar-refractivity contribution in [2.24, 2.45) is 5.73 Å². The van der Waals surface area contributed by atoms with Gasteiger partial charge < -0.3 is 11.1 Å². The smallest absolute Gasteiger partial charge is 0.0928 e. The lowest BCUT2D eigenvalue weighted by Crippen LogP contribution is -2.26. The van der Waals surface area contributed by atoms with Gasteiger partial charge in [0.25, 0.3) is 0 Å². The van der Waals surface area contributed by atoms with Crippen molar-refractivity contribution in [2.45, 2.75) is 19.3 Å². The van der Waals surface area contributed by atoms with Crippen molar-refractivity contribution < 1.29 is 0 Å². The van der Waals surface area contributed by atoms with Crippen LogP contribution in [0.2, 0.25) is 0 Å². The molecule has 2 nitrogen and oxygen atoms in total. The molecule has 1 atom stereocenters. The van der Waals surface area contributed by atoms with Crippen LogP contribution >= 0.6 is 0 Å². The van der Waals surface area contributed by atoms with E-state index in [0.29, 0.717) is 0 Å². The third-order valence-corrected chi connectivity index (χ3v) is 2.84. The van der Waals surface area contributed by atoms with Gasteiger partial charge in [0.15, 0.2) is 0 Å². The van der Waals surface area contributed by atoms with Crippen LogP contribution in [0.15, 0.2) is 36.2 Å². The van der Waals surface area contributed by atoms with E-state index >= 15 is 0 Å². The normalized spacial score (nSPS) is 25.7. The molecule has 0 spiro atoms.